The van der Waals surface area contributed by atoms with Crippen molar-refractivity contribution in [1.82, 2.24) is 20.3 Å². The predicted octanol–water partition coefficient (Wildman–Crippen LogP) is 17.4. The van der Waals surface area contributed by atoms with Gasteiger partial charge in [-0.15, -0.1) is 0 Å². The monoisotopic (exact) mass is 1250 g/mol. The summed E-state index contributed by atoms with van der Waals surface area (Å²) in [6.45, 7) is 42.8. The van der Waals surface area contributed by atoms with Crippen molar-refractivity contribution < 1.29 is 59.0 Å². The molecule has 0 aromatic carbocycles. The molecule has 4 saturated heterocycles. The quantitative estimate of drug-likeness (QED) is 0.0423. The fraction of sp³-hybridized carbons (Fsp3) is 0.944. The normalized spacial score (nSPS) is 24.2. The van der Waals surface area contributed by atoms with Crippen molar-refractivity contribution in [2.45, 2.75) is 369 Å². The summed E-state index contributed by atoms with van der Waals surface area (Å²) in [5, 5.41) is 60.6. The molecule has 0 radical (unpaired) electrons. The van der Waals surface area contributed by atoms with Crippen LogP contribution in [-0.4, -0.2) is 135 Å². The first kappa shape index (κ1) is 78.0. The van der Waals surface area contributed by atoms with E-state index >= 15 is 14.4 Å². The fourth-order valence-corrected chi connectivity index (χ4v) is 19.6. The molecule has 4 aliphatic rings. The van der Waals surface area contributed by atoms with Gasteiger partial charge in [0.2, 0.25) is 0 Å². The zero-order valence-electron chi connectivity index (χ0n) is 60.0. The standard InChI is InChI=1S/C72H134N4O12/c1-21-25-29-33-37-41-85-73-62(5,6)45-54(46-63(73,7)8)70(59(79)80,53-58(77)78)72(61(83)84,57-51-68(17,18)76(69(19,20)52-57)88-44-40-36-32-28-24-4)71(60(81)82,55-47-64(9,10)74(65(11,12)48-55)86-42-38-34-30-26-22-2)56-49-66(13,14)75(67(15,16)50-56)87-43-39-35-31-27-23-3/h54-57H,21-53H2,1-20H3,(H,77,78)(H,79,80)(H,81,82)(H,83,84). The second kappa shape index (κ2) is 31.7. The van der Waals surface area contributed by atoms with Crippen LogP contribution < -0.4 is 0 Å². The fourth-order valence-electron chi connectivity index (χ4n) is 19.6. The van der Waals surface area contributed by atoms with Crippen molar-refractivity contribution >= 4 is 23.9 Å². The topological polar surface area (TPSA) is 199 Å². The van der Waals surface area contributed by atoms with Gasteiger partial charge < -0.3 is 20.4 Å². The van der Waals surface area contributed by atoms with E-state index in [-0.39, 0.29) is 51.4 Å². The molecule has 0 spiro atoms. The Bertz CT molecular complexity index is 2080. The number of rotatable bonds is 39. The largest absolute Gasteiger partial charge is 0.481 e. The number of aliphatic carboxylic acids is 4. The van der Waals surface area contributed by atoms with Crippen LogP contribution in [0.5, 0.6) is 0 Å². The number of nitrogens with zero attached hydrogens (tertiary/aromatic N) is 4. The van der Waals surface area contributed by atoms with Crippen LogP contribution >= 0.6 is 0 Å². The Balaban J connectivity index is 2.28. The summed E-state index contributed by atoms with van der Waals surface area (Å²) in [6.07, 6.45) is 19.9. The zero-order valence-corrected chi connectivity index (χ0v) is 60.0. The van der Waals surface area contributed by atoms with Crippen molar-refractivity contribution in [3.63, 3.8) is 0 Å². The van der Waals surface area contributed by atoms with E-state index in [1.807, 2.05) is 75.6 Å². The lowest BCUT2D eigenvalue weighted by atomic mass is 9.32. The number of piperidine rings is 4. The maximum absolute atomic E-state index is 17.0. The molecule has 4 aliphatic heterocycles. The van der Waals surface area contributed by atoms with Crippen molar-refractivity contribution in [2.24, 2.45) is 39.9 Å². The molecule has 0 aliphatic carbocycles. The van der Waals surface area contributed by atoms with Gasteiger partial charge in [-0.25, -0.2) is 0 Å². The van der Waals surface area contributed by atoms with E-state index in [9.17, 15) is 25.2 Å². The number of hydrogen-bond donors (Lipinski definition) is 4. The van der Waals surface area contributed by atoms with E-state index in [4.69, 9.17) is 19.4 Å². The van der Waals surface area contributed by atoms with Crippen LogP contribution in [0.25, 0.3) is 0 Å². The maximum atomic E-state index is 17.0. The highest BCUT2D eigenvalue weighted by molar-refractivity contribution is 5.96. The highest BCUT2D eigenvalue weighted by atomic mass is 16.7. The third-order valence-electron chi connectivity index (χ3n) is 21.7. The van der Waals surface area contributed by atoms with Gasteiger partial charge in [-0.2, -0.15) is 20.3 Å². The van der Waals surface area contributed by atoms with E-state index in [1.165, 1.54) is 0 Å². The molecule has 4 fully saturated rings. The Morgan fingerprint density at radius 2 is 0.557 bits per heavy atom. The van der Waals surface area contributed by atoms with Gasteiger partial charge in [-0.05, 0) is 212 Å². The minimum atomic E-state index is -2.84. The van der Waals surface area contributed by atoms with Gasteiger partial charge in [0, 0.05) is 44.3 Å². The van der Waals surface area contributed by atoms with Crippen molar-refractivity contribution in [2.75, 3.05) is 26.4 Å². The van der Waals surface area contributed by atoms with Crippen molar-refractivity contribution in [3.8, 4) is 0 Å². The first-order valence-corrected chi connectivity index (χ1v) is 35.4. The Hall–Kier alpha value is -2.44. The second-order valence-electron chi connectivity index (χ2n) is 33.2. The van der Waals surface area contributed by atoms with Crippen molar-refractivity contribution in [3.05, 3.63) is 0 Å². The Kier molecular flexibility index (Phi) is 28.1. The zero-order chi connectivity index (χ0) is 66.6. The van der Waals surface area contributed by atoms with Crippen LogP contribution in [0, 0.1) is 39.9 Å². The van der Waals surface area contributed by atoms with Gasteiger partial charge in [0.1, 0.15) is 5.41 Å². The summed E-state index contributed by atoms with van der Waals surface area (Å²) in [7, 11) is 0. The van der Waals surface area contributed by atoms with E-state index in [0.29, 0.717) is 26.4 Å². The molecule has 4 heterocycles. The summed E-state index contributed by atoms with van der Waals surface area (Å²) in [5.74, 6) is -10.5. The SMILES string of the molecule is CCCCCCCON1C(C)(C)CC(C(CC(=O)O)(C(=O)O)C(C(=O)O)(C2CC(C)(C)N(OCCCCCCC)C(C)(C)C2)C(C(=O)O)(C2CC(C)(C)N(OCCCCCCC)C(C)(C)C2)C2CC(C)(C)N(OCCCCCCC)C(C)(C)C2)CC1(C)C. The molecule has 16 nitrogen and oxygen atoms in total. The highest BCUT2D eigenvalue weighted by Crippen LogP contribution is 2.75. The van der Waals surface area contributed by atoms with Gasteiger partial charge in [-0.1, -0.05) is 130 Å². The van der Waals surface area contributed by atoms with Crippen LogP contribution in [0.4, 0.5) is 0 Å². The second-order valence-corrected chi connectivity index (χ2v) is 33.2. The average Bonchev–Trinajstić information content (AvgIpc) is 0.663. The Morgan fingerprint density at radius 3 is 0.761 bits per heavy atom. The van der Waals surface area contributed by atoms with Crippen LogP contribution in [0.2, 0.25) is 0 Å². The van der Waals surface area contributed by atoms with Gasteiger partial charge in [0.25, 0.3) is 0 Å². The number of hydroxylamine groups is 8. The summed E-state index contributed by atoms with van der Waals surface area (Å²) >= 11 is 0. The van der Waals surface area contributed by atoms with Crippen LogP contribution in [0.15, 0.2) is 0 Å². The molecule has 0 aromatic heterocycles. The van der Waals surface area contributed by atoms with Gasteiger partial charge in [0.15, 0.2) is 0 Å². The van der Waals surface area contributed by atoms with E-state index in [1.54, 1.807) is 0 Å². The van der Waals surface area contributed by atoms with Gasteiger partial charge >= 0.3 is 23.9 Å². The number of carboxylic acid groups (broad SMARTS) is 4. The molecule has 88 heavy (non-hydrogen) atoms. The van der Waals surface area contributed by atoms with Gasteiger partial charge in [0.05, 0.1) is 43.7 Å². The molecule has 514 valence electrons. The molecule has 2 unspecified atom stereocenters. The van der Waals surface area contributed by atoms with Crippen molar-refractivity contribution in [1.29, 1.82) is 0 Å². The third-order valence-corrected chi connectivity index (χ3v) is 21.7. The first-order valence-electron chi connectivity index (χ1n) is 35.4. The molecule has 4 N–H and O–H groups in total. The lowest BCUT2D eigenvalue weighted by Gasteiger charge is -2.71. The minimum absolute atomic E-state index is 0.00850. The first-order chi connectivity index (χ1) is 40.8. The Labute approximate surface area is 536 Å². The van der Waals surface area contributed by atoms with Gasteiger partial charge in [-0.3, -0.25) is 38.5 Å². The smallest absolute Gasteiger partial charge is 0.312 e. The number of hydrogen-bond acceptors (Lipinski definition) is 12. The average molecular weight is 1250 g/mol. The molecule has 4 rings (SSSR count). The van der Waals surface area contributed by atoms with Crippen LogP contribution in [-0.2, 0) is 38.5 Å². The molecule has 2 atom stereocenters. The molecular weight excluding hydrogens is 1110 g/mol. The molecular formula is C72H134N4O12. The summed E-state index contributed by atoms with van der Waals surface area (Å²) in [5.41, 5.74) is -15.8. The lowest BCUT2D eigenvalue weighted by molar-refractivity contribution is -0.336. The summed E-state index contributed by atoms with van der Waals surface area (Å²) in [4.78, 5) is 92.2. The summed E-state index contributed by atoms with van der Waals surface area (Å²) in [6, 6.07) is 0. The molecule has 0 aromatic rings. The minimum Gasteiger partial charge on any atom is -0.481 e. The summed E-state index contributed by atoms with van der Waals surface area (Å²) < 4.78 is 0. The molecule has 16 heteroatoms. The third kappa shape index (κ3) is 17.1. The molecule has 0 saturated carbocycles. The molecule has 0 amide bonds. The predicted molar refractivity (Wildman–Crippen MR) is 352 cm³/mol. The molecule has 0 bridgehead atoms. The lowest BCUT2D eigenvalue weighted by Crippen LogP contribution is -2.79. The van der Waals surface area contributed by atoms with E-state index in [2.05, 4.69) is 83.1 Å². The van der Waals surface area contributed by atoms with Crippen LogP contribution in [0.1, 0.15) is 325 Å². The number of carbonyl (C=O) groups is 4. The highest BCUT2D eigenvalue weighted by Gasteiger charge is 2.84. The van der Waals surface area contributed by atoms with E-state index in [0.717, 1.165) is 128 Å². The van der Waals surface area contributed by atoms with E-state index < -0.39 is 115 Å². The Morgan fingerprint density at radius 1 is 0.330 bits per heavy atom. The van der Waals surface area contributed by atoms with Crippen LogP contribution in [0.3, 0.4) is 0 Å². The number of unbranched alkanes of at least 4 members (excludes halogenated alkanes) is 16. The maximum Gasteiger partial charge on any atom is 0.312 e. The number of carboxylic acids is 4.